The van der Waals surface area contributed by atoms with Gasteiger partial charge >= 0.3 is 5.97 Å². The SMILES string of the molecule is CCOc1cc(C=NN=C(N)N)c(Br)cc1OC(=O)c1ccccc1. The van der Waals surface area contributed by atoms with Gasteiger partial charge in [-0.05, 0) is 47.1 Å². The van der Waals surface area contributed by atoms with E-state index in [0.717, 1.165) is 0 Å². The lowest BCUT2D eigenvalue weighted by Gasteiger charge is -2.12. The highest BCUT2D eigenvalue weighted by Gasteiger charge is 2.15. The van der Waals surface area contributed by atoms with E-state index in [0.29, 0.717) is 33.7 Å². The zero-order valence-corrected chi connectivity index (χ0v) is 15.1. The molecule has 2 aromatic carbocycles. The number of hydrogen-bond acceptors (Lipinski definition) is 5. The molecular formula is C17H17BrN4O3. The Morgan fingerprint density at radius 1 is 1.20 bits per heavy atom. The lowest BCUT2D eigenvalue weighted by molar-refractivity contribution is 0.0728. The van der Waals surface area contributed by atoms with Gasteiger partial charge in [0, 0.05) is 10.0 Å². The van der Waals surface area contributed by atoms with Crippen LogP contribution in [0.15, 0.2) is 57.1 Å². The molecule has 0 spiro atoms. The number of guanidine groups is 1. The van der Waals surface area contributed by atoms with Crippen LogP contribution in [-0.4, -0.2) is 24.8 Å². The minimum Gasteiger partial charge on any atom is -0.490 e. The fraction of sp³-hybridized carbons (Fsp3) is 0.118. The molecule has 2 aromatic rings. The van der Waals surface area contributed by atoms with Gasteiger partial charge in [0.05, 0.1) is 18.4 Å². The van der Waals surface area contributed by atoms with E-state index in [1.165, 1.54) is 6.21 Å². The summed E-state index contributed by atoms with van der Waals surface area (Å²) in [6.07, 6.45) is 1.45. The van der Waals surface area contributed by atoms with Crippen LogP contribution in [-0.2, 0) is 0 Å². The predicted molar refractivity (Wildman–Crippen MR) is 100 cm³/mol. The van der Waals surface area contributed by atoms with Gasteiger partial charge in [-0.2, -0.15) is 5.10 Å². The average molecular weight is 405 g/mol. The normalized spacial score (nSPS) is 10.5. The van der Waals surface area contributed by atoms with Gasteiger partial charge in [0.15, 0.2) is 11.5 Å². The van der Waals surface area contributed by atoms with E-state index in [1.807, 2.05) is 13.0 Å². The molecule has 0 saturated carbocycles. The Balaban J connectivity index is 2.31. The number of nitrogens with zero attached hydrogens (tertiary/aromatic N) is 2. The molecule has 7 nitrogen and oxygen atoms in total. The number of benzene rings is 2. The van der Waals surface area contributed by atoms with Gasteiger partial charge in [0.1, 0.15) is 0 Å². The number of halogens is 1. The van der Waals surface area contributed by atoms with Gasteiger partial charge < -0.3 is 20.9 Å². The van der Waals surface area contributed by atoms with Crippen LogP contribution in [0.25, 0.3) is 0 Å². The van der Waals surface area contributed by atoms with Crippen LogP contribution in [0, 0.1) is 0 Å². The van der Waals surface area contributed by atoms with E-state index in [-0.39, 0.29) is 5.96 Å². The highest BCUT2D eigenvalue weighted by molar-refractivity contribution is 9.10. The van der Waals surface area contributed by atoms with E-state index in [4.69, 9.17) is 20.9 Å². The summed E-state index contributed by atoms with van der Waals surface area (Å²) >= 11 is 3.40. The van der Waals surface area contributed by atoms with Crippen LogP contribution in [0.2, 0.25) is 0 Å². The van der Waals surface area contributed by atoms with Crippen molar-refractivity contribution in [2.45, 2.75) is 6.92 Å². The summed E-state index contributed by atoms with van der Waals surface area (Å²) in [6, 6.07) is 12.0. The highest BCUT2D eigenvalue weighted by Crippen LogP contribution is 2.33. The van der Waals surface area contributed by atoms with Crippen molar-refractivity contribution in [3.8, 4) is 11.5 Å². The second kappa shape index (κ2) is 8.84. The maximum atomic E-state index is 12.2. The molecule has 0 aliphatic rings. The smallest absolute Gasteiger partial charge is 0.343 e. The lowest BCUT2D eigenvalue weighted by atomic mass is 10.2. The minimum absolute atomic E-state index is 0.147. The maximum absolute atomic E-state index is 12.2. The summed E-state index contributed by atoms with van der Waals surface area (Å²) in [4.78, 5) is 12.2. The van der Waals surface area contributed by atoms with Gasteiger partial charge in [-0.3, -0.25) is 0 Å². The van der Waals surface area contributed by atoms with Crippen LogP contribution < -0.4 is 20.9 Å². The molecule has 0 heterocycles. The molecule has 0 aromatic heterocycles. The monoisotopic (exact) mass is 404 g/mol. The molecule has 2 rings (SSSR count). The van der Waals surface area contributed by atoms with Crippen molar-refractivity contribution in [1.82, 2.24) is 0 Å². The van der Waals surface area contributed by atoms with E-state index >= 15 is 0 Å². The largest absolute Gasteiger partial charge is 0.490 e. The number of hydrogen-bond donors (Lipinski definition) is 2. The van der Waals surface area contributed by atoms with E-state index < -0.39 is 5.97 Å². The zero-order chi connectivity index (χ0) is 18.2. The van der Waals surface area contributed by atoms with Crippen molar-refractivity contribution in [3.63, 3.8) is 0 Å². The van der Waals surface area contributed by atoms with Crippen molar-refractivity contribution in [1.29, 1.82) is 0 Å². The molecule has 0 bridgehead atoms. The Hall–Kier alpha value is -2.87. The van der Waals surface area contributed by atoms with Crippen molar-refractivity contribution in [2.24, 2.45) is 21.7 Å². The molecule has 25 heavy (non-hydrogen) atoms. The average Bonchev–Trinajstić information content (AvgIpc) is 2.59. The van der Waals surface area contributed by atoms with Crippen LogP contribution >= 0.6 is 15.9 Å². The minimum atomic E-state index is -0.477. The van der Waals surface area contributed by atoms with Gasteiger partial charge in [-0.25, -0.2) is 4.79 Å². The Bertz CT molecular complexity index is 803. The van der Waals surface area contributed by atoms with E-state index in [9.17, 15) is 4.79 Å². The first-order chi connectivity index (χ1) is 12.0. The summed E-state index contributed by atoms with van der Waals surface area (Å²) < 4.78 is 11.6. The highest BCUT2D eigenvalue weighted by atomic mass is 79.9. The number of rotatable bonds is 6. The molecule has 0 fully saturated rings. The van der Waals surface area contributed by atoms with Crippen LogP contribution in [0.3, 0.4) is 0 Å². The quantitative estimate of drug-likeness (QED) is 0.252. The molecule has 0 amide bonds. The summed E-state index contributed by atoms with van der Waals surface area (Å²) in [7, 11) is 0. The Labute approximate surface area is 153 Å². The molecule has 8 heteroatoms. The second-order valence-electron chi connectivity index (χ2n) is 4.78. The molecular weight excluding hydrogens is 388 g/mol. The first-order valence-corrected chi connectivity index (χ1v) is 8.16. The van der Waals surface area contributed by atoms with Crippen molar-refractivity contribution < 1.29 is 14.3 Å². The van der Waals surface area contributed by atoms with Gasteiger partial charge in [0.2, 0.25) is 5.96 Å². The molecule has 0 atom stereocenters. The molecule has 0 unspecified atom stereocenters. The van der Waals surface area contributed by atoms with Gasteiger partial charge in [0.25, 0.3) is 0 Å². The van der Waals surface area contributed by atoms with Crippen molar-refractivity contribution >= 4 is 34.1 Å². The molecule has 0 aliphatic heterocycles. The predicted octanol–water partition coefficient (Wildman–Crippen LogP) is 2.67. The van der Waals surface area contributed by atoms with Crippen LogP contribution in [0.5, 0.6) is 11.5 Å². The summed E-state index contributed by atoms with van der Waals surface area (Å²) in [5.74, 6) is 0.0730. The molecule has 4 N–H and O–H groups in total. The number of carbonyl (C=O) groups excluding carboxylic acids is 1. The topological polar surface area (TPSA) is 112 Å². The van der Waals surface area contributed by atoms with E-state index in [2.05, 4.69) is 26.1 Å². The molecule has 0 aliphatic carbocycles. The number of carbonyl (C=O) groups is 1. The first-order valence-electron chi connectivity index (χ1n) is 7.36. The van der Waals surface area contributed by atoms with Gasteiger partial charge in [-0.1, -0.05) is 18.2 Å². The van der Waals surface area contributed by atoms with Crippen molar-refractivity contribution in [2.75, 3.05) is 6.61 Å². The Kier molecular flexibility index (Phi) is 6.53. The number of esters is 1. The maximum Gasteiger partial charge on any atom is 0.343 e. The van der Waals surface area contributed by atoms with Gasteiger partial charge in [-0.15, -0.1) is 5.10 Å². The first kappa shape index (κ1) is 18.5. The lowest BCUT2D eigenvalue weighted by Crippen LogP contribution is -2.21. The third-order valence-electron chi connectivity index (χ3n) is 2.95. The second-order valence-corrected chi connectivity index (χ2v) is 5.63. The third-order valence-corrected chi connectivity index (χ3v) is 3.63. The fourth-order valence-corrected chi connectivity index (χ4v) is 2.31. The standard InChI is InChI=1S/C17H17BrN4O3/c1-2-24-14-8-12(10-21-22-17(19)20)13(18)9-15(14)25-16(23)11-6-4-3-5-7-11/h3-10H,2H2,1H3,(H4,19,20,22). The molecule has 0 saturated heterocycles. The summed E-state index contributed by atoms with van der Waals surface area (Å²) in [5, 5.41) is 7.30. The summed E-state index contributed by atoms with van der Waals surface area (Å²) in [6.45, 7) is 2.24. The molecule has 0 radical (unpaired) electrons. The molecule has 130 valence electrons. The Morgan fingerprint density at radius 3 is 2.56 bits per heavy atom. The third kappa shape index (κ3) is 5.32. The summed E-state index contributed by atoms with van der Waals surface area (Å²) in [5.41, 5.74) is 11.6. The number of nitrogens with two attached hydrogens (primary N) is 2. The zero-order valence-electron chi connectivity index (χ0n) is 13.5. The van der Waals surface area contributed by atoms with Crippen LogP contribution in [0.4, 0.5) is 0 Å². The van der Waals surface area contributed by atoms with E-state index in [1.54, 1.807) is 36.4 Å². The van der Waals surface area contributed by atoms with Crippen LogP contribution in [0.1, 0.15) is 22.8 Å². The number of ether oxygens (including phenoxy) is 2. The Morgan fingerprint density at radius 2 is 1.92 bits per heavy atom. The fourth-order valence-electron chi connectivity index (χ4n) is 1.89. The van der Waals surface area contributed by atoms with Crippen molar-refractivity contribution in [3.05, 3.63) is 58.1 Å².